The van der Waals surface area contributed by atoms with Crippen molar-refractivity contribution in [3.63, 3.8) is 0 Å². The van der Waals surface area contributed by atoms with Crippen molar-refractivity contribution in [3.05, 3.63) is 52.5 Å². The van der Waals surface area contributed by atoms with Crippen LogP contribution in [0.3, 0.4) is 0 Å². The third-order valence-corrected chi connectivity index (χ3v) is 4.87. The first kappa shape index (κ1) is 20.6. The number of alkyl halides is 3. The molecule has 2 N–H and O–H groups in total. The lowest BCUT2D eigenvalue weighted by molar-refractivity contribution is -0.274. The lowest BCUT2D eigenvalue weighted by atomic mass is 9.94. The van der Waals surface area contributed by atoms with Gasteiger partial charge in [-0.05, 0) is 29.8 Å². The predicted molar refractivity (Wildman–Crippen MR) is 99.1 cm³/mol. The summed E-state index contributed by atoms with van der Waals surface area (Å²) in [5.74, 6) is 0.0267. The molecule has 0 aromatic heterocycles. The Labute approximate surface area is 165 Å². The van der Waals surface area contributed by atoms with E-state index in [0.717, 1.165) is 13.1 Å². The highest BCUT2D eigenvalue weighted by Crippen LogP contribution is 2.44. The van der Waals surface area contributed by atoms with E-state index in [1.54, 1.807) is 18.2 Å². The number of nitrogens with zero attached hydrogens (tertiary/aromatic N) is 1. The van der Waals surface area contributed by atoms with Crippen LogP contribution in [0.15, 0.2) is 36.4 Å². The van der Waals surface area contributed by atoms with Gasteiger partial charge < -0.3 is 19.9 Å². The van der Waals surface area contributed by atoms with E-state index < -0.39 is 12.4 Å². The lowest BCUT2D eigenvalue weighted by Gasteiger charge is -2.36. The summed E-state index contributed by atoms with van der Waals surface area (Å²) in [6, 6.07) is 8.36. The molecule has 28 heavy (non-hydrogen) atoms. The Morgan fingerprint density at radius 1 is 1.11 bits per heavy atom. The van der Waals surface area contributed by atoms with Crippen LogP contribution in [0.5, 0.6) is 17.2 Å². The van der Waals surface area contributed by atoms with E-state index in [1.807, 2.05) is 0 Å². The Morgan fingerprint density at radius 3 is 2.32 bits per heavy atom. The van der Waals surface area contributed by atoms with Crippen molar-refractivity contribution < 1.29 is 27.8 Å². The molecule has 1 atom stereocenters. The first-order valence-electron chi connectivity index (χ1n) is 8.66. The zero-order chi connectivity index (χ0) is 20.3. The standard InChI is InChI=1S/C19H20ClF3N2O3/c1-27-15-7-6-14(20)18(26)16(15)17(25-10-8-24-9-11-25)12-2-4-13(5-3-12)28-19(21,22)23/h2-7,17,24,26H,8-11H2,1H3/t17-/m1/s1. The molecule has 9 heteroatoms. The number of nitrogens with one attached hydrogen (secondary N) is 1. The van der Waals surface area contributed by atoms with E-state index in [2.05, 4.69) is 15.0 Å². The zero-order valence-corrected chi connectivity index (χ0v) is 15.8. The fourth-order valence-electron chi connectivity index (χ4n) is 3.36. The lowest BCUT2D eigenvalue weighted by Crippen LogP contribution is -2.45. The number of phenols is 1. The molecule has 0 spiro atoms. The topological polar surface area (TPSA) is 54.0 Å². The number of ether oxygens (including phenoxy) is 2. The number of benzene rings is 2. The van der Waals surface area contributed by atoms with Crippen molar-refractivity contribution in [1.29, 1.82) is 0 Å². The number of aromatic hydroxyl groups is 1. The summed E-state index contributed by atoms with van der Waals surface area (Å²) in [5, 5.41) is 14.1. The molecule has 0 radical (unpaired) electrons. The fourth-order valence-corrected chi connectivity index (χ4v) is 3.52. The average Bonchev–Trinajstić information content (AvgIpc) is 2.66. The smallest absolute Gasteiger partial charge is 0.506 e. The van der Waals surface area contributed by atoms with Crippen LogP contribution in [-0.4, -0.2) is 49.7 Å². The van der Waals surface area contributed by atoms with E-state index in [9.17, 15) is 18.3 Å². The van der Waals surface area contributed by atoms with Gasteiger partial charge in [0.05, 0.1) is 23.7 Å². The molecule has 0 saturated carbocycles. The van der Waals surface area contributed by atoms with Gasteiger partial charge in [0, 0.05) is 26.2 Å². The molecule has 1 fully saturated rings. The van der Waals surface area contributed by atoms with E-state index in [4.69, 9.17) is 16.3 Å². The van der Waals surface area contributed by atoms with Crippen molar-refractivity contribution in [2.75, 3.05) is 33.3 Å². The van der Waals surface area contributed by atoms with Gasteiger partial charge in [0.1, 0.15) is 17.2 Å². The Kier molecular flexibility index (Phi) is 6.22. The first-order chi connectivity index (χ1) is 13.3. The summed E-state index contributed by atoms with van der Waals surface area (Å²) in [6.07, 6.45) is -4.76. The van der Waals surface area contributed by atoms with E-state index in [1.165, 1.54) is 25.3 Å². The number of phenolic OH excluding ortho intramolecular Hbond substituents is 1. The minimum Gasteiger partial charge on any atom is -0.506 e. The Hall–Kier alpha value is -2.16. The molecule has 0 aliphatic carbocycles. The van der Waals surface area contributed by atoms with Crippen molar-refractivity contribution in [1.82, 2.24) is 10.2 Å². The maximum Gasteiger partial charge on any atom is 0.573 e. The minimum absolute atomic E-state index is 0.111. The Bertz CT molecular complexity index is 809. The summed E-state index contributed by atoms with van der Waals surface area (Å²) in [5.41, 5.74) is 1.16. The largest absolute Gasteiger partial charge is 0.573 e. The van der Waals surface area contributed by atoms with Crippen molar-refractivity contribution in [3.8, 4) is 17.2 Å². The number of methoxy groups -OCH3 is 1. The van der Waals surface area contributed by atoms with Gasteiger partial charge in [-0.25, -0.2) is 0 Å². The minimum atomic E-state index is -4.76. The van der Waals surface area contributed by atoms with Gasteiger partial charge >= 0.3 is 6.36 Å². The van der Waals surface area contributed by atoms with Gasteiger partial charge in [-0.2, -0.15) is 0 Å². The molecule has 2 aromatic rings. The zero-order valence-electron chi connectivity index (χ0n) is 15.1. The summed E-state index contributed by atoms with van der Waals surface area (Å²) >= 11 is 6.13. The third-order valence-electron chi connectivity index (χ3n) is 4.57. The number of hydrogen-bond donors (Lipinski definition) is 2. The Morgan fingerprint density at radius 2 is 1.75 bits per heavy atom. The van der Waals surface area contributed by atoms with Crippen LogP contribution in [0.25, 0.3) is 0 Å². The maximum atomic E-state index is 12.5. The first-order valence-corrected chi connectivity index (χ1v) is 9.04. The molecular weight excluding hydrogens is 397 g/mol. The van der Waals surface area contributed by atoms with Gasteiger partial charge in [0.2, 0.25) is 0 Å². The van der Waals surface area contributed by atoms with Gasteiger partial charge in [0.15, 0.2) is 0 Å². The second kappa shape index (κ2) is 8.46. The second-order valence-electron chi connectivity index (χ2n) is 6.32. The molecule has 1 heterocycles. The fraction of sp³-hybridized carbons (Fsp3) is 0.368. The molecule has 3 rings (SSSR count). The van der Waals surface area contributed by atoms with Crippen LogP contribution < -0.4 is 14.8 Å². The molecule has 0 unspecified atom stereocenters. The van der Waals surface area contributed by atoms with Crippen LogP contribution >= 0.6 is 11.6 Å². The maximum absolute atomic E-state index is 12.5. The SMILES string of the molecule is COc1ccc(Cl)c(O)c1[C@@H](c1ccc(OC(F)(F)F)cc1)N1CCNCC1. The van der Waals surface area contributed by atoms with Crippen molar-refractivity contribution in [2.45, 2.75) is 12.4 Å². The molecular formula is C19H20ClF3N2O3. The van der Waals surface area contributed by atoms with Crippen molar-refractivity contribution >= 4 is 11.6 Å². The van der Waals surface area contributed by atoms with E-state index >= 15 is 0 Å². The second-order valence-corrected chi connectivity index (χ2v) is 6.72. The molecule has 0 bridgehead atoms. The third kappa shape index (κ3) is 4.63. The summed E-state index contributed by atoms with van der Waals surface area (Å²) in [7, 11) is 1.49. The normalized spacial score (nSPS) is 16.6. The molecule has 5 nitrogen and oxygen atoms in total. The summed E-state index contributed by atoms with van der Waals surface area (Å²) < 4.78 is 46.7. The quantitative estimate of drug-likeness (QED) is 0.773. The molecule has 0 amide bonds. The van der Waals surface area contributed by atoms with Gasteiger partial charge in [-0.3, -0.25) is 4.90 Å². The molecule has 1 aliphatic rings. The number of piperazine rings is 1. The van der Waals surface area contributed by atoms with Crippen LogP contribution in [0, 0.1) is 0 Å². The highest BCUT2D eigenvalue weighted by atomic mass is 35.5. The van der Waals surface area contributed by atoms with E-state index in [-0.39, 0.29) is 16.5 Å². The van der Waals surface area contributed by atoms with Crippen molar-refractivity contribution in [2.24, 2.45) is 0 Å². The van der Waals surface area contributed by atoms with E-state index in [0.29, 0.717) is 30.0 Å². The Balaban J connectivity index is 2.05. The number of halogens is 4. The van der Waals surface area contributed by atoms with Gasteiger partial charge in [-0.15, -0.1) is 13.2 Å². The average molecular weight is 417 g/mol. The molecule has 1 aliphatic heterocycles. The monoisotopic (exact) mass is 416 g/mol. The molecule has 1 saturated heterocycles. The van der Waals surface area contributed by atoms with Gasteiger partial charge in [-0.1, -0.05) is 23.7 Å². The highest BCUT2D eigenvalue weighted by molar-refractivity contribution is 6.32. The predicted octanol–water partition coefficient (Wildman–Crippen LogP) is 3.95. The van der Waals surface area contributed by atoms with Crippen LogP contribution in [-0.2, 0) is 0 Å². The van der Waals surface area contributed by atoms with Crippen LogP contribution in [0.1, 0.15) is 17.2 Å². The molecule has 2 aromatic carbocycles. The highest BCUT2D eigenvalue weighted by Gasteiger charge is 2.32. The summed E-state index contributed by atoms with van der Waals surface area (Å²) in [4.78, 5) is 2.12. The number of rotatable bonds is 5. The van der Waals surface area contributed by atoms with Crippen LogP contribution in [0.2, 0.25) is 5.02 Å². The molecule has 152 valence electrons. The van der Waals surface area contributed by atoms with Crippen LogP contribution in [0.4, 0.5) is 13.2 Å². The van der Waals surface area contributed by atoms with Gasteiger partial charge in [0.25, 0.3) is 0 Å². The number of hydrogen-bond acceptors (Lipinski definition) is 5. The summed E-state index contributed by atoms with van der Waals surface area (Å²) in [6.45, 7) is 2.85.